The van der Waals surface area contributed by atoms with Crippen LogP contribution in [-0.4, -0.2) is 29.4 Å². The third-order valence-corrected chi connectivity index (χ3v) is 5.71. The van der Waals surface area contributed by atoms with Crippen LogP contribution in [0.4, 0.5) is 0 Å². The highest BCUT2D eigenvalue weighted by atomic mass is 32.2. The van der Waals surface area contributed by atoms with Crippen LogP contribution in [0.15, 0.2) is 93.7 Å². The Morgan fingerprint density at radius 2 is 1.67 bits per heavy atom. The van der Waals surface area contributed by atoms with E-state index in [1.807, 2.05) is 30.1 Å². The van der Waals surface area contributed by atoms with Crippen molar-refractivity contribution >= 4 is 17.7 Å². The summed E-state index contributed by atoms with van der Waals surface area (Å²) < 4.78 is 1.70. The molecule has 3 aromatic rings. The van der Waals surface area contributed by atoms with Gasteiger partial charge in [0.1, 0.15) is 0 Å². The van der Waals surface area contributed by atoms with Gasteiger partial charge in [0, 0.05) is 42.5 Å². The van der Waals surface area contributed by atoms with Crippen LogP contribution >= 0.6 is 11.8 Å². The summed E-state index contributed by atoms with van der Waals surface area (Å²) in [4.78, 5) is 17.4. The number of nitrogens with one attached hydrogen (secondary N) is 2. The van der Waals surface area contributed by atoms with Gasteiger partial charge in [0.25, 0.3) is 5.56 Å². The van der Waals surface area contributed by atoms with Crippen LogP contribution in [0.5, 0.6) is 0 Å². The molecule has 0 aliphatic heterocycles. The number of hydrogen-bond donors (Lipinski definition) is 2. The Kier molecular flexibility index (Phi) is 8.15. The van der Waals surface area contributed by atoms with Crippen molar-refractivity contribution in [2.45, 2.75) is 30.2 Å². The van der Waals surface area contributed by atoms with Gasteiger partial charge in [0.15, 0.2) is 5.96 Å². The van der Waals surface area contributed by atoms with Gasteiger partial charge in [-0.25, -0.2) is 0 Å². The van der Waals surface area contributed by atoms with Gasteiger partial charge in [0.05, 0.1) is 6.54 Å². The molecule has 0 spiro atoms. The van der Waals surface area contributed by atoms with E-state index >= 15 is 0 Å². The van der Waals surface area contributed by atoms with Crippen molar-refractivity contribution in [2.75, 3.05) is 13.6 Å². The first-order chi connectivity index (χ1) is 14.6. The summed E-state index contributed by atoms with van der Waals surface area (Å²) in [5, 5.41) is 7.17. The number of rotatable bonds is 8. The average molecular weight is 421 g/mol. The molecule has 5 nitrogen and oxygen atoms in total. The largest absolute Gasteiger partial charge is 0.355 e. The Bertz CT molecular complexity index is 999. The fraction of sp³-hybridized carbons (Fsp3) is 0.250. The van der Waals surface area contributed by atoms with E-state index in [-0.39, 0.29) is 5.56 Å². The zero-order chi connectivity index (χ0) is 21.2. The van der Waals surface area contributed by atoms with Gasteiger partial charge < -0.3 is 15.2 Å². The first kappa shape index (κ1) is 21.7. The van der Waals surface area contributed by atoms with Crippen LogP contribution in [0.2, 0.25) is 0 Å². The summed E-state index contributed by atoms with van der Waals surface area (Å²) in [6.07, 6.45) is 1.81. The fourth-order valence-corrected chi connectivity index (χ4v) is 3.92. The second-order valence-electron chi connectivity index (χ2n) is 7.03. The second kappa shape index (κ2) is 11.3. The smallest absolute Gasteiger partial charge is 0.250 e. The van der Waals surface area contributed by atoms with E-state index in [0.717, 1.165) is 23.6 Å². The molecule has 6 heteroatoms. The van der Waals surface area contributed by atoms with Crippen molar-refractivity contribution < 1.29 is 0 Å². The Balaban J connectivity index is 1.45. The molecule has 1 heterocycles. The van der Waals surface area contributed by atoms with Crippen molar-refractivity contribution in [2.24, 2.45) is 4.99 Å². The summed E-state index contributed by atoms with van der Waals surface area (Å²) in [7, 11) is 1.78. The molecule has 3 rings (SSSR count). The minimum absolute atomic E-state index is 0.0118. The Morgan fingerprint density at radius 3 is 2.37 bits per heavy atom. The standard InChI is InChI=1S/C24H28N4OS/c1-19(30-22-8-4-3-5-9-22)16-26-24(25-2)27-17-20-11-13-21(14-12-20)18-28-15-7-6-10-23(28)29/h3-15,19H,16-18H2,1-2H3,(H2,25,26,27). The maximum absolute atomic E-state index is 11.8. The zero-order valence-corrected chi connectivity index (χ0v) is 18.2. The summed E-state index contributed by atoms with van der Waals surface area (Å²) in [6, 6.07) is 23.9. The van der Waals surface area contributed by atoms with Gasteiger partial charge >= 0.3 is 0 Å². The first-order valence-electron chi connectivity index (χ1n) is 10.0. The van der Waals surface area contributed by atoms with Gasteiger partial charge in [-0.1, -0.05) is 55.5 Å². The molecule has 1 aromatic heterocycles. The SMILES string of the molecule is CN=C(NCc1ccc(Cn2ccccc2=O)cc1)NCC(C)Sc1ccccc1. The molecule has 0 saturated heterocycles. The van der Waals surface area contributed by atoms with E-state index in [0.29, 0.717) is 18.3 Å². The second-order valence-corrected chi connectivity index (χ2v) is 8.54. The van der Waals surface area contributed by atoms with Crippen LogP contribution in [0.1, 0.15) is 18.1 Å². The molecular formula is C24H28N4OS. The third-order valence-electron chi connectivity index (χ3n) is 4.60. The molecule has 0 aliphatic carbocycles. The molecule has 156 valence electrons. The normalized spacial score (nSPS) is 12.4. The Labute approximate surface area is 182 Å². The highest BCUT2D eigenvalue weighted by Gasteiger charge is 2.06. The monoisotopic (exact) mass is 420 g/mol. The van der Waals surface area contributed by atoms with Crippen molar-refractivity contribution in [1.29, 1.82) is 0 Å². The number of benzene rings is 2. The zero-order valence-electron chi connectivity index (χ0n) is 17.4. The summed E-state index contributed by atoms with van der Waals surface area (Å²) in [5.74, 6) is 0.787. The molecule has 0 bridgehead atoms. The number of aliphatic imine (C=N–C) groups is 1. The lowest BCUT2D eigenvalue weighted by Gasteiger charge is -2.16. The summed E-state index contributed by atoms with van der Waals surface area (Å²) in [6.45, 7) is 4.29. The molecular weight excluding hydrogens is 392 g/mol. The van der Waals surface area contributed by atoms with Crippen molar-refractivity contribution in [3.05, 3.63) is 100 Å². The number of aromatic nitrogens is 1. The van der Waals surface area contributed by atoms with Gasteiger partial charge in [-0.05, 0) is 29.3 Å². The highest BCUT2D eigenvalue weighted by Crippen LogP contribution is 2.21. The summed E-state index contributed by atoms with van der Waals surface area (Å²) in [5.41, 5.74) is 2.27. The van der Waals surface area contributed by atoms with E-state index in [2.05, 4.69) is 71.1 Å². The van der Waals surface area contributed by atoms with Crippen LogP contribution in [0.25, 0.3) is 0 Å². The van der Waals surface area contributed by atoms with Crippen LogP contribution in [0.3, 0.4) is 0 Å². The van der Waals surface area contributed by atoms with E-state index in [1.165, 1.54) is 4.90 Å². The summed E-state index contributed by atoms with van der Waals surface area (Å²) >= 11 is 1.84. The first-order valence-corrected chi connectivity index (χ1v) is 10.9. The lowest BCUT2D eigenvalue weighted by atomic mass is 10.1. The fourth-order valence-electron chi connectivity index (χ4n) is 2.97. The molecule has 1 unspecified atom stereocenters. The van der Waals surface area contributed by atoms with Gasteiger partial charge in [-0.2, -0.15) is 0 Å². The van der Waals surface area contributed by atoms with E-state index < -0.39 is 0 Å². The molecule has 0 saturated carbocycles. The molecule has 0 aliphatic rings. The molecule has 1 atom stereocenters. The van der Waals surface area contributed by atoms with Gasteiger partial charge in [-0.3, -0.25) is 9.79 Å². The topological polar surface area (TPSA) is 58.4 Å². The predicted molar refractivity (Wildman–Crippen MR) is 126 cm³/mol. The number of hydrogen-bond acceptors (Lipinski definition) is 3. The number of pyridine rings is 1. The Morgan fingerprint density at radius 1 is 0.967 bits per heavy atom. The van der Waals surface area contributed by atoms with Crippen molar-refractivity contribution in [3.63, 3.8) is 0 Å². The molecule has 0 amide bonds. The van der Waals surface area contributed by atoms with Crippen molar-refractivity contribution in [1.82, 2.24) is 15.2 Å². The average Bonchev–Trinajstić information content (AvgIpc) is 2.77. The quantitative estimate of drug-likeness (QED) is 0.331. The molecule has 0 fully saturated rings. The lowest BCUT2D eigenvalue weighted by Crippen LogP contribution is -2.39. The van der Waals surface area contributed by atoms with Crippen molar-refractivity contribution in [3.8, 4) is 0 Å². The van der Waals surface area contributed by atoms with Gasteiger partial charge in [0.2, 0.25) is 0 Å². The Hall–Kier alpha value is -2.99. The highest BCUT2D eigenvalue weighted by molar-refractivity contribution is 8.00. The molecule has 2 aromatic carbocycles. The maximum atomic E-state index is 11.8. The number of guanidine groups is 1. The van der Waals surface area contributed by atoms with E-state index in [4.69, 9.17) is 0 Å². The van der Waals surface area contributed by atoms with Gasteiger partial charge in [-0.15, -0.1) is 11.8 Å². The van der Waals surface area contributed by atoms with Crippen LogP contribution < -0.4 is 16.2 Å². The number of nitrogens with zero attached hydrogens (tertiary/aromatic N) is 2. The number of thioether (sulfide) groups is 1. The maximum Gasteiger partial charge on any atom is 0.250 e. The predicted octanol–water partition coefficient (Wildman–Crippen LogP) is 3.74. The third kappa shape index (κ3) is 6.81. The molecule has 30 heavy (non-hydrogen) atoms. The minimum atomic E-state index is 0.0118. The van der Waals surface area contributed by atoms with Crippen LogP contribution in [-0.2, 0) is 13.1 Å². The van der Waals surface area contributed by atoms with E-state index in [1.54, 1.807) is 23.7 Å². The van der Waals surface area contributed by atoms with E-state index in [9.17, 15) is 4.79 Å². The lowest BCUT2D eigenvalue weighted by molar-refractivity contribution is 0.757. The minimum Gasteiger partial charge on any atom is -0.355 e. The van der Waals surface area contributed by atoms with Crippen LogP contribution in [0, 0.1) is 0 Å². The molecule has 2 N–H and O–H groups in total. The molecule has 0 radical (unpaired) electrons.